The molecule has 1 saturated heterocycles. The van der Waals surface area contributed by atoms with Gasteiger partial charge in [0.05, 0.1) is 16.0 Å². The summed E-state index contributed by atoms with van der Waals surface area (Å²) in [6.45, 7) is 2.02. The molecule has 0 saturated carbocycles. The third kappa shape index (κ3) is 2.78. The van der Waals surface area contributed by atoms with Crippen LogP contribution in [0.3, 0.4) is 0 Å². The number of carbonyl (C=O) groups excluding carboxylic acids is 2. The molecule has 0 bridgehead atoms. The minimum Gasteiger partial charge on any atom is -0.343 e. The molecule has 2 N–H and O–H groups in total. The van der Waals surface area contributed by atoms with Crippen molar-refractivity contribution in [2.24, 2.45) is 0 Å². The van der Waals surface area contributed by atoms with E-state index >= 15 is 0 Å². The van der Waals surface area contributed by atoms with E-state index in [0.29, 0.717) is 16.6 Å². The van der Waals surface area contributed by atoms with Crippen molar-refractivity contribution < 1.29 is 9.59 Å². The number of nitrogens with zero attached hydrogens (tertiary/aromatic N) is 1. The number of hydrogen-bond donors (Lipinski definition) is 2. The van der Waals surface area contributed by atoms with Gasteiger partial charge in [-0.15, -0.1) is 11.8 Å². The van der Waals surface area contributed by atoms with E-state index in [9.17, 15) is 9.59 Å². The van der Waals surface area contributed by atoms with Gasteiger partial charge in [-0.3, -0.25) is 9.59 Å². The number of carbonyl (C=O) groups is 2. The molecule has 2 amide bonds. The first-order chi connectivity index (χ1) is 9.61. The molecule has 20 heavy (non-hydrogen) atoms. The molecule has 1 fully saturated rings. The van der Waals surface area contributed by atoms with E-state index in [2.05, 4.69) is 15.6 Å². The van der Waals surface area contributed by atoms with Crippen molar-refractivity contribution in [3.05, 3.63) is 23.8 Å². The van der Waals surface area contributed by atoms with E-state index in [-0.39, 0.29) is 11.8 Å². The number of aryl methyl sites for hydroxylation is 1. The van der Waals surface area contributed by atoms with Crippen LogP contribution in [0.5, 0.6) is 0 Å². The molecule has 1 aliphatic heterocycles. The predicted octanol–water partition coefficient (Wildman–Crippen LogP) is 1.77. The standard InChI is InChI=1S/C13H13N3O2S2/c1-7-2-3-8-10(4-7)20-13(15-8)16-12(18)9-5-19-6-11(17)14-9/h2-4,9H,5-6H2,1H3,(H,14,17)(H,15,16,18). The van der Waals surface area contributed by atoms with Gasteiger partial charge in [0.1, 0.15) is 6.04 Å². The monoisotopic (exact) mass is 307 g/mol. The quantitative estimate of drug-likeness (QED) is 0.887. The minimum atomic E-state index is -0.477. The summed E-state index contributed by atoms with van der Waals surface area (Å²) in [5.41, 5.74) is 2.04. The third-order valence-electron chi connectivity index (χ3n) is 2.94. The molecule has 1 aliphatic rings. The Morgan fingerprint density at radius 3 is 3.15 bits per heavy atom. The lowest BCUT2D eigenvalue weighted by molar-refractivity contribution is -0.124. The van der Waals surface area contributed by atoms with Crippen molar-refractivity contribution in [1.82, 2.24) is 10.3 Å². The van der Waals surface area contributed by atoms with Crippen molar-refractivity contribution in [3.8, 4) is 0 Å². The van der Waals surface area contributed by atoms with Gasteiger partial charge in [-0.25, -0.2) is 4.98 Å². The normalized spacial score (nSPS) is 18.9. The third-order valence-corrected chi connectivity index (χ3v) is 4.91. The highest BCUT2D eigenvalue weighted by molar-refractivity contribution is 8.00. The molecular weight excluding hydrogens is 294 g/mol. The molecule has 0 aliphatic carbocycles. The van der Waals surface area contributed by atoms with Gasteiger partial charge in [0.2, 0.25) is 11.8 Å². The molecule has 0 radical (unpaired) electrons. The molecule has 104 valence electrons. The second kappa shape index (κ2) is 5.41. The number of nitrogens with one attached hydrogen (secondary N) is 2. The number of aromatic nitrogens is 1. The van der Waals surface area contributed by atoms with Crippen molar-refractivity contribution in [2.75, 3.05) is 16.8 Å². The predicted molar refractivity (Wildman–Crippen MR) is 82.2 cm³/mol. The first-order valence-corrected chi connectivity index (χ1v) is 8.14. The Morgan fingerprint density at radius 1 is 1.50 bits per heavy atom. The van der Waals surface area contributed by atoms with Crippen LogP contribution in [0.4, 0.5) is 5.13 Å². The largest absolute Gasteiger partial charge is 0.343 e. The molecule has 5 nitrogen and oxygen atoms in total. The van der Waals surface area contributed by atoms with Gasteiger partial charge in [0, 0.05) is 5.75 Å². The molecule has 0 spiro atoms. The van der Waals surface area contributed by atoms with Gasteiger partial charge in [-0.1, -0.05) is 17.4 Å². The Morgan fingerprint density at radius 2 is 2.35 bits per heavy atom. The van der Waals surface area contributed by atoms with Crippen molar-refractivity contribution in [3.63, 3.8) is 0 Å². The molecule has 2 heterocycles. The second-order valence-corrected chi connectivity index (χ2v) is 6.68. The lowest BCUT2D eigenvalue weighted by Gasteiger charge is -2.21. The zero-order valence-corrected chi connectivity index (χ0v) is 12.4. The van der Waals surface area contributed by atoms with Gasteiger partial charge in [0.15, 0.2) is 5.13 Å². The van der Waals surface area contributed by atoms with Gasteiger partial charge in [-0.2, -0.15) is 0 Å². The van der Waals surface area contributed by atoms with Crippen LogP contribution < -0.4 is 10.6 Å². The molecule has 2 aromatic rings. The Labute approximate surface area is 124 Å². The SMILES string of the molecule is Cc1ccc2nc(NC(=O)C3CSCC(=O)N3)sc2c1. The average Bonchev–Trinajstić information content (AvgIpc) is 2.80. The van der Waals surface area contributed by atoms with Crippen LogP contribution in [0.1, 0.15) is 5.56 Å². The van der Waals surface area contributed by atoms with Crippen LogP contribution in [0.15, 0.2) is 18.2 Å². The van der Waals surface area contributed by atoms with Crippen LogP contribution >= 0.6 is 23.1 Å². The van der Waals surface area contributed by atoms with E-state index in [0.717, 1.165) is 15.8 Å². The number of fused-ring (bicyclic) bond motifs is 1. The number of hydrogen-bond acceptors (Lipinski definition) is 5. The maximum Gasteiger partial charge on any atom is 0.249 e. The fraction of sp³-hybridized carbons (Fsp3) is 0.308. The molecule has 7 heteroatoms. The first kappa shape index (κ1) is 13.4. The first-order valence-electron chi connectivity index (χ1n) is 6.17. The smallest absolute Gasteiger partial charge is 0.249 e. The second-order valence-electron chi connectivity index (χ2n) is 4.61. The van der Waals surface area contributed by atoms with Crippen LogP contribution in [0.2, 0.25) is 0 Å². The summed E-state index contributed by atoms with van der Waals surface area (Å²) in [6.07, 6.45) is 0. The van der Waals surface area contributed by atoms with Crippen molar-refractivity contribution in [2.45, 2.75) is 13.0 Å². The van der Waals surface area contributed by atoms with Crippen LogP contribution in [-0.4, -0.2) is 34.3 Å². The molecule has 1 aromatic carbocycles. The van der Waals surface area contributed by atoms with Gasteiger partial charge in [0.25, 0.3) is 0 Å². The number of amides is 2. The van der Waals surface area contributed by atoms with Crippen LogP contribution in [0, 0.1) is 6.92 Å². The average molecular weight is 307 g/mol. The molecule has 1 aromatic heterocycles. The summed E-state index contributed by atoms with van der Waals surface area (Å²) in [4.78, 5) is 27.7. The fourth-order valence-electron chi connectivity index (χ4n) is 1.97. The van der Waals surface area contributed by atoms with Crippen molar-refractivity contribution in [1.29, 1.82) is 0 Å². The molecular formula is C13H13N3O2S2. The highest BCUT2D eigenvalue weighted by Crippen LogP contribution is 2.26. The molecule has 1 atom stereocenters. The Bertz CT molecular complexity index is 683. The van der Waals surface area contributed by atoms with Crippen molar-refractivity contribution >= 4 is 50.3 Å². The number of anilines is 1. The summed E-state index contributed by atoms with van der Waals surface area (Å²) in [6, 6.07) is 5.50. The summed E-state index contributed by atoms with van der Waals surface area (Å²) in [5.74, 6) is 0.717. The Hall–Kier alpha value is -1.60. The number of benzene rings is 1. The van der Waals surface area contributed by atoms with E-state index in [4.69, 9.17) is 0 Å². The molecule has 1 unspecified atom stereocenters. The number of rotatable bonds is 2. The lowest BCUT2D eigenvalue weighted by Crippen LogP contribution is -2.49. The van der Waals surface area contributed by atoms with Gasteiger partial charge >= 0.3 is 0 Å². The summed E-state index contributed by atoms with van der Waals surface area (Å²) < 4.78 is 1.04. The van der Waals surface area contributed by atoms with E-state index in [1.54, 1.807) is 0 Å². The van der Waals surface area contributed by atoms with E-state index in [1.807, 2.05) is 25.1 Å². The zero-order valence-electron chi connectivity index (χ0n) is 10.8. The number of thiazole rings is 1. The Balaban J connectivity index is 1.75. The maximum atomic E-state index is 12.1. The van der Waals surface area contributed by atoms with Crippen LogP contribution in [0.25, 0.3) is 10.2 Å². The van der Waals surface area contributed by atoms with Gasteiger partial charge < -0.3 is 10.6 Å². The highest BCUT2D eigenvalue weighted by atomic mass is 32.2. The summed E-state index contributed by atoms with van der Waals surface area (Å²) in [5, 5.41) is 6.04. The zero-order chi connectivity index (χ0) is 14.1. The topological polar surface area (TPSA) is 71.1 Å². The fourth-order valence-corrected chi connectivity index (χ4v) is 3.79. The summed E-state index contributed by atoms with van der Waals surface area (Å²) >= 11 is 2.91. The highest BCUT2D eigenvalue weighted by Gasteiger charge is 2.25. The van der Waals surface area contributed by atoms with Crippen LogP contribution in [-0.2, 0) is 9.59 Å². The van der Waals surface area contributed by atoms with E-state index in [1.165, 1.54) is 23.1 Å². The van der Waals surface area contributed by atoms with E-state index < -0.39 is 6.04 Å². The molecule has 3 rings (SSSR count). The Kier molecular flexibility index (Phi) is 3.62. The maximum absolute atomic E-state index is 12.1. The summed E-state index contributed by atoms with van der Waals surface area (Å²) in [7, 11) is 0. The lowest BCUT2D eigenvalue weighted by atomic mass is 10.2. The van der Waals surface area contributed by atoms with Gasteiger partial charge in [-0.05, 0) is 24.6 Å². The minimum absolute atomic E-state index is 0.0960. The number of thioether (sulfide) groups is 1.